The number of benzene rings is 2. The highest BCUT2D eigenvalue weighted by Crippen LogP contribution is 2.24. The van der Waals surface area contributed by atoms with E-state index in [1.807, 2.05) is 44.2 Å². The molecule has 25 heavy (non-hydrogen) atoms. The van der Waals surface area contributed by atoms with E-state index < -0.39 is 0 Å². The van der Waals surface area contributed by atoms with E-state index in [4.69, 9.17) is 21.7 Å². The van der Waals surface area contributed by atoms with Crippen molar-refractivity contribution in [2.75, 3.05) is 19.5 Å². The molecule has 0 spiro atoms. The van der Waals surface area contributed by atoms with Crippen molar-refractivity contribution in [2.24, 2.45) is 5.10 Å². The molecule has 0 aliphatic carbocycles. The standard InChI is InChI=1S/C19H23N3O2S/c1-12-6-8-17(13(2)10-12)20-19(25)22-21-14(3)16-11-15(23-4)7-9-18(16)24-5/h6-11H,1-5H3,(H2,20,22,25)/b21-14-. The zero-order chi connectivity index (χ0) is 18.4. The normalized spacial score (nSPS) is 11.0. The summed E-state index contributed by atoms with van der Waals surface area (Å²) in [6.45, 7) is 5.97. The van der Waals surface area contributed by atoms with Gasteiger partial charge in [0.25, 0.3) is 0 Å². The van der Waals surface area contributed by atoms with Gasteiger partial charge < -0.3 is 14.8 Å². The van der Waals surface area contributed by atoms with E-state index in [2.05, 4.69) is 28.8 Å². The van der Waals surface area contributed by atoms with E-state index in [9.17, 15) is 0 Å². The number of hydrogen-bond acceptors (Lipinski definition) is 4. The number of nitrogens with one attached hydrogen (secondary N) is 2. The molecule has 2 rings (SSSR count). The molecule has 2 aromatic rings. The van der Waals surface area contributed by atoms with Crippen molar-refractivity contribution in [1.29, 1.82) is 0 Å². The summed E-state index contributed by atoms with van der Waals surface area (Å²) < 4.78 is 10.6. The van der Waals surface area contributed by atoms with Crippen LogP contribution in [0.3, 0.4) is 0 Å². The van der Waals surface area contributed by atoms with E-state index in [1.165, 1.54) is 5.56 Å². The Morgan fingerprint density at radius 3 is 2.44 bits per heavy atom. The lowest BCUT2D eigenvalue weighted by atomic mass is 10.1. The number of hydrazone groups is 1. The van der Waals surface area contributed by atoms with E-state index >= 15 is 0 Å². The molecule has 0 amide bonds. The quantitative estimate of drug-likeness (QED) is 0.481. The molecule has 0 saturated heterocycles. The van der Waals surface area contributed by atoms with Gasteiger partial charge in [0.1, 0.15) is 11.5 Å². The SMILES string of the molecule is COc1ccc(OC)c(/C(C)=N\NC(=S)Nc2ccc(C)cc2C)c1. The van der Waals surface area contributed by atoms with Gasteiger partial charge in [-0.1, -0.05) is 17.7 Å². The molecule has 0 unspecified atom stereocenters. The minimum Gasteiger partial charge on any atom is -0.497 e. The molecule has 0 radical (unpaired) electrons. The topological polar surface area (TPSA) is 54.9 Å². The van der Waals surface area contributed by atoms with Gasteiger partial charge in [-0.25, -0.2) is 0 Å². The Morgan fingerprint density at radius 1 is 1.04 bits per heavy atom. The van der Waals surface area contributed by atoms with Crippen LogP contribution < -0.4 is 20.2 Å². The third-order valence-corrected chi connectivity index (χ3v) is 3.95. The van der Waals surface area contributed by atoms with Crippen LogP contribution >= 0.6 is 12.2 Å². The summed E-state index contributed by atoms with van der Waals surface area (Å²) >= 11 is 5.32. The Hall–Kier alpha value is -2.60. The zero-order valence-electron chi connectivity index (χ0n) is 15.1. The molecule has 0 aliphatic heterocycles. The van der Waals surface area contributed by atoms with Crippen molar-refractivity contribution in [2.45, 2.75) is 20.8 Å². The summed E-state index contributed by atoms with van der Waals surface area (Å²) in [6, 6.07) is 11.7. The zero-order valence-corrected chi connectivity index (χ0v) is 16.0. The van der Waals surface area contributed by atoms with E-state index in [0.717, 1.165) is 34.0 Å². The predicted octanol–water partition coefficient (Wildman–Crippen LogP) is 4.03. The first kappa shape index (κ1) is 18.7. The highest BCUT2D eigenvalue weighted by Gasteiger charge is 2.09. The number of aryl methyl sites for hydroxylation is 2. The van der Waals surface area contributed by atoms with Crippen molar-refractivity contribution in [1.82, 2.24) is 5.43 Å². The van der Waals surface area contributed by atoms with Crippen molar-refractivity contribution < 1.29 is 9.47 Å². The Kier molecular flexibility index (Phi) is 6.36. The van der Waals surface area contributed by atoms with Gasteiger partial charge in [-0.2, -0.15) is 5.10 Å². The van der Waals surface area contributed by atoms with Gasteiger partial charge in [-0.15, -0.1) is 0 Å². The Labute approximate surface area is 154 Å². The summed E-state index contributed by atoms with van der Waals surface area (Å²) in [5, 5.41) is 7.93. The van der Waals surface area contributed by atoms with Gasteiger partial charge in [-0.3, -0.25) is 5.43 Å². The third-order valence-electron chi connectivity index (χ3n) is 3.75. The second-order valence-corrected chi connectivity index (χ2v) is 6.06. The van der Waals surface area contributed by atoms with Gasteiger partial charge in [0, 0.05) is 11.3 Å². The number of hydrogen-bond donors (Lipinski definition) is 2. The number of rotatable bonds is 5. The average Bonchev–Trinajstić information content (AvgIpc) is 2.61. The highest BCUT2D eigenvalue weighted by molar-refractivity contribution is 7.80. The molecule has 0 aliphatic rings. The molecule has 2 aromatic carbocycles. The first-order valence-electron chi connectivity index (χ1n) is 7.85. The van der Waals surface area contributed by atoms with Gasteiger partial charge in [-0.05, 0) is 62.8 Å². The largest absolute Gasteiger partial charge is 0.497 e. The fourth-order valence-electron chi connectivity index (χ4n) is 2.40. The number of thiocarbonyl (C=S) groups is 1. The van der Waals surface area contributed by atoms with Crippen LogP contribution in [0.1, 0.15) is 23.6 Å². The fraction of sp³-hybridized carbons (Fsp3) is 0.263. The van der Waals surface area contributed by atoms with E-state index in [-0.39, 0.29) is 0 Å². The lowest BCUT2D eigenvalue weighted by molar-refractivity contribution is 0.402. The van der Waals surface area contributed by atoms with Crippen molar-refractivity contribution in [3.8, 4) is 11.5 Å². The molecule has 0 saturated carbocycles. The number of nitrogens with zero attached hydrogens (tertiary/aromatic N) is 1. The summed E-state index contributed by atoms with van der Waals surface area (Å²) in [5.74, 6) is 1.46. The van der Waals surface area contributed by atoms with Crippen LogP contribution in [0.15, 0.2) is 41.5 Å². The molecule has 5 nitrogen and oxygen atoms in total. The van der Waals surface area contributed by atoms with Crippen molar-refractivity contribution >= 4 is 28.7 Å². The van der Waals surface area contributed by atoms with E-state index in [0.29, 0.717) is 5.11 Å². The fourth-order valence-corrected chi connectivity index (χ4v) is 2.55. The Morgan fingerprint density at radius 2 is 1.80 bits per heavy atom. The summed E-state index contributed by atoms with van der Waals surface area (Å²) in [5.41, 5.74) is 7.73. The Bertz CT molecular complexity index is 803. The first-order chi connectivity index (χ1) is 11.9. The molecule has 0 aromatic heterocycles. The smallest absolute Gasteiger partial charge is 0.191 e. The maximum atomic E-state index is 5.38. The molecule has 2 N–H and O–H groups in total. The third kappa shape index (κ3) is 4.93. The van der Waals surface area contributed by atoms with Crippen LogP contribution in [0, 0.1) is 13.8 Å². The minimum atomic E-state index is 0.424. The van der Waals surface area contributed by atoms with Gasteiger partial charge in [0.05, 0.1) is 19.9 Å². The first-order valence-corrected chi connectivity index (χ1v) is 8.26. The second kappa shape index (κ2) is 8.48. The van der Waals surface area contributed by atoms with Crippen molar-refractivity contribution in [3.63, 3.8) is 0 Å². The van der Waals surface area contributed by atoms with Gasteiger partial charge >= 0.3 is 0 Å². The van der Waals surface area contributed by atoms with Gasteiger partial charge in [0.15, 0.2) is 5.11 Å². The summed E-state index contributed by atoms with van der Waals surface area (Å²) in [6.07, 6.45) is 0. The predicted molar refractivity (Wildman–Crippen MR) is 107 cm³/mol. The highest BCUT2D eigenvalue weighted by atomic mass is 32.1. The maximum absolute atomic E-state index is 5.38. The second-order valence-electron chi connectivity index (χ2n) is 5.65. The minimum absolute atomic E-state index is 0.424. The summed E-state index contributed by atoms with van der Waals surface area (Å²) in [4.78, 5) is 0. The molecular weight excluding hydrogens is 334 g/mol. The van der Waals surface area contributed by atoms with Crippen LogP contribution in [0.4, 0.5) is 5.69 Å². The lowest BCUT2D eigenvalue weighted by Gasteiger charge is -2.12. The molecular formula is C19H23N3O2S. The molecule has 6 heteroatoms. The lowest BCUT2D eigenvalue weighted by Crippen LogP contribution is -2.25. The number of anilines is 1. The molecule has 0 heterocycles. The number of ether oxygens (including phenoxy) is 2. The van der Waals surface area contributed by atoms with E-state index in [1.54, 1.807) is 14.2 Å². The number of methoxy groups -OCH3 is 2. The van der Waals surface area contributed by atoms with Crippen LogP contribution in [0.25, 0.3) is 0 Å². The van der Waals surface area contributed by atoms with Crippen LogP contribution in [-0.4, -0.2) is 25.0 Å². The average molecular weight is 357 g/mol. The molecule has 0 fully saturated rings. The monoisotopic (exact) mass is 357 g/mol. The van der Waals surface area contributed by atoms with Crippen LogP contribution in [-0.2, 0) is 0 Å². The van der Waals surface area contributed by atoms with Crippen molar-refractivity contribution in [3.05, 3.63) is 53.1 Å². The van der Waals surface area contributed by atoms with Crippen LogP contribution in [0.5, 0.6) is 11.5 Å². The summed E-state index contributed by atoms with van der Waals surface area (Å²) in [7, 11) is 3.25. The van der Waals surface area contributed by atoms with Gasteiger partial charge in [0.2, 0.25) is 0 Å². The molecule has 0 bridgehead atoms. The molecule has 0 atom stereocenters. The van der Waals surface area contributed by atoms with Crippen LogP contribution in [0.2, 0.25) is 0 Å². The Balaban J connectivity index is 2.11. The maximum Gasteiger partial charge on any atom is 0.191 e. The molecule has 132 valence electrons.